The highest BCUT2D eigenvalue weighted by Gasteiger charge is 2.13. The van der Waals surface area contributed by atoms with Gasteiger partial charge in [-0.2, -0.15) is 5.10 Å². The molecule has 8 heteroatoms. The van der Waals surface area contributed by atoms with Gasteiger partial charge in [0.05, 0.1) is 11.9 Å². The summed E-state index contributed by atoms with van der Waals surface area (Å²) < 4.78 is 26.8. The Morgan fingerprint density at radius 2 is 1.74 bits per heavy atom. The third-order valence-electron chi connectivity index (χ3n) is 4.91. The molecule has 6 nitrogen and oxygen atoms in total. The van der Waals surface area contributed by atoms with Crippen LogP contribution in [-0.2, 0) is 4.79 Å². The fourth-order valence-corrected chi connectivity index (χ4v) is 3.34. The van der Waals surface area contributed by atoms with Crippen molar-refractivity contribution < 1.29 is 13.6 Å². The van der Waals surface area contributed by atoms with E-state index >= 15 is 0 Å². The summed E-state index contributed by atoms with van der Waals surface area (Å²) in [7, 11) is 0. The molecule has 0 aliphatic carbocycles. The molecule has 3 aromatic rings. The second-order valence-corrected chi connectivity index (χ2v) is 7.18. The van der Waals surface area contributed by atoms with Crippen molar-refractivity contribution >= 4 is 34.9 Å². The molecule has 1 aliphatic rings. The maximum Gasteiger partial charge on any atom is 0.248 e. The average Bonchev–Trinajstić information content (AvgIpc) is 3.31. The highest BCUT2D eigenvalue weighted by atomic mass is 19.1. The average molecular weight is 421 g/mol. The summed E-state index contributed by atoms with van der Waals surface area (Å²) in [6.45, 7) is 2.06. The van der Waals surface area contributed by atoms with Gasteiger partial charge in [-0.1, -0.05) is 0 Å². The number of carbonyl (C=O) groups excluding carboxylic acids is 1. The predicted molar refractivity (Wildman–Crippen MR) is 117 cm³/mol. The summed E-state index contributed by atoms with van der Waals surface area (Å²) in [6.07, 6.45) is 6.52. The molecule has 31 heavy (non-hydrogen) atoms. The van der Waals surface area contributed by atoms with Crippen molar-refractivity contribution in [1.29, 1.82) is 0 Å². The van der Waals surface area contributed by atoms with E-state index in [1.807, 2.05) is 6.07 Å². The van der Waals surface area contributed by atoms with Crippen molar-refractivity contribution in [3.8, 4) is 0 Å². The summed E-state index contributed by atoms with van der Waals surface area (Å²) in [5, 5.41) is 14.1. The Bertz CT molecular complexity index is 1100. The Balaban J connectivity index is 1.36. The highest BCUT2D eigenvalue weighted by molar-refractivity contribution is 6.02. The van der Waals surface area contributed by atoms with Crippen LogP contribution in [0.4, 0.5) is 31.7 Å². The molecule has 1 saturated heterocycles. The molecule has 1 amide bonds. The first kappa shape index (κ1) is 20.5. The first-order valence-electron chi connectivity index (χ1n) is 9.96. The second kappa shape index (κ2) is 9.34. The standard InChI is InChI=1S/C23H21F2N5O/c24-17-4-9-21(25)16(13-17)3-10-23(31)28-19-7-5-18(6-8-19)27-22-14-20(15-26-29-22)30-11-1-2-12-30/h3-10,13-15H,1-2,11-12H2,(H,27,29)(H,28,31)/b10-3+. The van der Waals surface area contributed by atoms with E-state index in [1.54, 1.807) is 30.5 Å². The van der Waals surface area contributed by atoms with Gasteiger partial charge in [-0.25, -0.2) is 8.78 Å². The smallest absolute Gasteiger partial charge is 0.248 e. The number of nitrogens with zero attached hydrogens (tertiary/aromatic N) is 3. The number of benzene rings is 2. The van der Waals surface area contributed by atoms with Crippen molar-refractivity contribution in [2.24, 2.45) is 0 Å². The van der Waals surface area contributed by atoms with Gasteiger partial charge in [0.2, 0.25) is 5.91 Å². The van der Waals surface area contributed by atoms with Crippen LogP contribution < -0.4 is 15.5 Å². The zero-order valence-electron chi connectivity index (χ0n) is 16.7. The molecule has 2 heterocycles. The lowest BCUT2D eigenvalue weighted by Gasteiger charge is -2.17. The number of hydrogen-bond donors (Lipinski definition) is 2. The van der Waals surface area contributed by atoms with E-state index in [0.29, 0.717) is 11.5 Å². The first-order valence-corrected chi connectivity index (χ1v) is 9.96. The van der Waals surface area contributed by atoms with Crippen LogP contribution in [0.5, 0.6) is 0 Å². The normalized spacial score (nSPS) is 13.5. The minimum absolute atomic E-state index is 0.00645. The van der Waals surface area contributed by atoms with Crippen LogP contribution in [0.15, 0.2) is 60.8 Å². The van der Waals surface area contributed by atoms with E-state index in [9.17, 15) is 13.6 Å². The van der Waals surface area contributed by atoms with Crippen molar-refractivity contribution in [2.45, 2.75) is 12.8 Å². The van der Waals surface area contributed by atoms with E-state index in [4.69, 9.17) is 0 Å². The largest absolute Gasteiger partial charge is 0.370 e. The van der Waals surface area contributed by atoms with Crippen molar-refractivity contribution in [3.63, 3.8) is 0 Å². The minimum Gasteiger partial charge on any atom is -0.370 e. The maximum absolute atomic E-state index is 13.6. The Labute approximate surface area is 178 Å². The molecular weight excluding hydrogens is 400 g/mol. The summed E-state index contributed by atoms with van der Waals surface area (Å²) in [4.78, 5) is 14.3. The zero-order valence-corrected chi connectivity index (χ0v) is 16.7. The van der Waals surface area contributed by atoms with Gasteiger partial charge >= 0.3 is 0 Å². The summed E-state index contributed by atoms with van der Waals surface area (Å²) in [5.41, 5.74) is 2.41. The Morgan fingerprint density at radius 3 is 2.52 bits per heavy atom. The summed E-state index contributed by atoms with van der Waals surface area (Å²) >= 11 is 0. The minimum atomic E-state index is -0.599. The van der Waals surface area contributed by atoms with E-state index in [-0.39, 0.29) is 5.56 Å². The molecule has 2 N–H and O–H groups in total. The Kier molecular flexibility index (Phi) is 6.16. The molecule has 1 fully saturated rings. The number of anilines is 4. The van der Waals surface area contributed by atoms with Crippen molar-refractivity contribution in [1.82, 2.24) is 10.2 Å². The van der Waals surface area contributed by atoms with Crippen molar-refractivity contribution in [2.75, 3.05) is 28.6 Å². The van der Waals surface area contributed by atoms with Crippen molar-refractivity contribution in [3.05, 3.63) is 78.0 Å². The zero-order chi connectivity index (χ0) is 21.6. The fraction of sp³-hybridized carbons (Fsp3) is 0.174. The molecule has 0 atom stereocenters. The van der Waals surface area contributed by atoms with Crippen LogP contribution in [0.2, 0.25) is 0 Å². The van der Waals surface area contributed by atoms with Gasteiger partial charge in [-0.05, 0) is 61.4 Å². The Hall–Kier alpha value is -3.81. The maximum atomic E-state index is 13.6. The van der Waals surface area contributed by atoms with E-state index < -0.39 is 17.5 Å². The highest BCUT2D eigenvalue weighted by Crippen LogP contribution is 2.23. The lowest BCUT2D eigenvalue weighted by atomic mass is 10.2. The molecule has 0 spiro atoms. The van der Waals surface area contributed by atoms with Crippen LogP contribution in [0.1, 0.15) is 18.4 Å². The van der Waals surface area contributed by atoms with Crippen LogP contribution >= 0.6 is 0 Å². The number of aromatic nitrogens is 2. The molecule has 1 aliphatic heterocycles. The third-order valence-corrected chi connectivity index (χ3v) is 4.91. The first-order chi connectivity index (χ1) is 15.1. The fourth-order valence-electron chi connectivity index (χ4n) is 3.34. The number of nitrogens with one attached hydrogen (secondary N) is 2. The molecule has 0 saturated carbocycles. The van der Waals surface area contributed by atoms with E-state index in [0.717, 1.165) is 48.7 Å². The van der Waals surface area contributed by atoms with Gasteiger partial charge < -0.3 is 15.5 Å². The molecule has 4 rings (SSSR count). The van der Waals surface area contributed by atoms with Gasteiger partial charge in [0, 0.05) is 42.2 Å². The van der Waals surface area contributed by atoms with Crippen LogP contribution in [0.3, 0.4) is 0 Å². The molecule has 2 aromatic carbocycles. The van der Waals surface area contributed by atoms with Gasteiger partial charge in [0.25, 0.3) is 0 Å². The summed E-state index contributed by atoms with van der Waals surface area (Å²) in [5.74, 6) is -0.979. The van der Waals surface area contributed by atoms with Gasteiger partial charge in [0.1, 0.15) is 11.6 Å². The monoisotopic (exact) mass is 421 g/mol. The van der Waals surface area contributed by atoms with E-state index in [1.165, 1.54) is 18.9 Å². The van der Waals surface area contributed by atoms with Crippen LogP contribution in [0.25, 0.3) is 6.08 Å². The molecule has 0 radical (unpaired) electrons. The van der Waals surface area contributed by atoms with Crippen LogP contribution in [-0.4, -0.2) is 29.2 Å². The molecule has 0 unspecified atom stereocenters. The molecule has 0 bridgehead atoms. The lowest BCUT2D eigenvalue weighted by Crippen LogP contribution is -2.18. The summed E-state index contributed by atoms with van der Waals surface area (Å²) in [6, 6.07) is 12.1. The SMILES string of the molecule is O=C(/C=C/c1cc(F)ccc1F)Nc1ccc(Nc2cc(N3CCCC3)cnn2)cc1. The van der Waals surface area contributed by atoms with Gasteiger partial charge in [-0.3, -0.25) is 4.79 Å². The molecule has 158 valence electrons. The topological polar surface area (TPSA) is 70.2 Å². The number of halogens is 2. The molecular formula is C23H21F2N5O. The number of hydrogen-bond acceptors (Lipinski definition) is 5. The van der Waals surface area contributed by atoms with Gasteiger partial charge in [0.15, 0.2) is 5.82 Å². The Morgan fingerprint density at radius 1 is 1.00 bits per heavy atom. The van der Waals surface area contributed by atoms with Crippen LogP contribution in [0, 0.1) is 11.6 Å². The quantitative estimate of drug-likeness (QED) is 0.562. The number of rotatable bonds is 6. The molecule has 1 aromatic heterocycles. The predicted octanol–water partition coefficient (Wildman–Crippen LogP) is 4.75. The number of amides is 1. The second-order valence-electron chi connectivity index (χ2n) is 7.18. The third kappa shape index (κ3) is 5.42. The van der Waals surface area contributed by atoms with E-state index in [2.05, 4.69) is 25.7 Å². The number of carbonyl (C=O) groups is 1. The lowest BCUT2D eigenvalue weighted by molar-refractivity contribution is -0.111. The van der Waals surface area contributed by atoms with Gasteiger partial charge in [-0.15, -0.1) is 5.10 Å².